The second-order valence-corrected chi connectivity index (χ2v) is 5.31. The van der Waals surface area contributed by atoms with Gasteiger partial charge in [-0.2, -0.15) is 9.67 Å². The number of carbonyl (C=O) groups is 1. The van der Waals surface area contributed by atoms with Gasteiger partial charge in [-0.05, 0) is 48.5 Å². The van der Waals surface area contributed by atoms with E-state index in [0.29, 0.717) is 22.8 Å². The van der Waals surface area contributed by atoms with Crippen molar-refractivity contribution in [1.29, 1.82) is 0 Å². The van der Waals surface area contributed by atoms with Crippen LogP contribution in [0, 0.1) is 0 Å². The molecule has 0 saturated heterocycles. The molecule has 0 unspecified atom stereocenters. The number of benzene rings is 2. The third-order valence-corrected chi connectivity index (χ3v) is 3.36. The maximum Gasteiger partial charge on any atom is 0.573 e. The van der Waals surface area contributed by atoms with Gasteiger partial charge < -0.3 is 21.5 Å². The smallest absolute Gasteiger partial charge is 0.406 e. The third kappa shape index (κ3) is 4.45. The number of aromatic nitrogens is 3. The van der Waals surface area contributed by atoms with E-state index in [2.05, 4.69) is 20.1 Å². The van der Waals surface area contributed by atoms with Crippen molar-refractivity contribution in [3.63, 3.8) is 0 Å². The molecule has 0 spiro atoms. The Kier molecular flexibility index (Phi) is 4.59. The monoisotopic (exact) mass is 378 g/mol. The van der Waals surface area contributed by atoms with Crippen LogP contribution in [-0.4, -0.2) is 27.2 Å². The number of nitrogens with one attached hydrogen (secondary N) is 1. The van der Waals surface area contributed by atoms with E-state index in [4.69, 9.17) is 11.5 Å². The number of hydrogen-bond donors (Lipinski definition) is 3. The van der Waals surface area contributed by atoms with Gasteiger partial charge in [0.15, 0.2) is 5.82 Å². The molecule has 3 rings (SSSR count). The Bertz CT molecular complexity index is 952. The van der Waals surface area contributed by atoms with Gasteiger partial charge in [-0.1, -0.05) is 0 Å². The van der Waals surface area contributed by atoms with Gasteiger partial charge in [-0.25, -0.2) is 4.79 Å². The van der Waals surface area contributed by atoms with E-state index in [-0.39, 0.29) is 11.7 Å². The minimum absolute atomic E-state index is 0.0498. The lowest BCUT2D eigenvalue weighted by Gasteiger charge is -2.09. The Morgan fingerprint density at radius 1 is 1.07 bits per heavy atom. The second-order valence-electron chi connectivity index (χ2n) is 5.31. The standard InChI is InChI=1S/C16H13F3N6O2/c17-16(18,19)27-12-7-5-11(6-8-12)25-14(20)23-13(24-25)9-1-3-10(4-2-9)22-15(21)26/h1-8H,(H2,20,23,24)(H3,21,22,26). The number of amides is 2. The summed E-state index contributed by atoms with van der Waals surface area (Å²) in [6.45, 7) is 0. The van der Waals surface area contributed by atoms with Crippen LogP contribution in [0.2, 0.25) is 0 Å². The molecule has 2 aromatic carbocycles. The Hall–Kier alpha value is -3.76. The van der Waals surface area contributed by atoms with Gasteiger partial charge in [0.25, 0.3) is 0 Å². The molecule has 0 aliphatic carbocycles. The highest BCUT2D eigenvalue weighted by molar-refractivity contribution is 5.88. The molecular formula is C16H13F3N6O2. The molecule has 0 aliphatic heterocycles. The number of alkyl halides is 3. The molecular weight excluding hydrogens is 365 g/mol. The number of nitrogen functional groups attached to an aromatic ring is 1. The van der Waals surface area contributed by atoms with E-state index >= 15 is 0 Å². The van der Waals surface area contributed by atoms with E-state index in [1.165, 1.54) is 16.8 Å². The van der Waals surface area contributed by atoms with E-state index in [1.807, 2.05) is 0 Å². The fourth-order valence-electron chi connectivity index (χ4n) is 2.27. The maximum atomic E-state index is 12.2. The number of hydrogen-bond acceptors (Lipinski definition) is 5. The van der Waals surface area contributed by atoms with Crippen molar-refractivity contribution in [2.24, 2.45) is 5.73 Å². The van der Waals surface area contributed by atoms with Gasteiger partial charge in [0.2, 0.25) is 5.95 Å². The lowest BCUT2D eigenvalue weighted by molar-refractivity contribution is -0.274. The largest absolute Gasteiger partial charge is 0.573 e. The topological polar surface area (TPSA) is 121 Å². The number of ether oxygens (including phenoxy) is 1. The van der Waals surface area contributed by atoms with Crippen LogP contribution in [0.1, 0.15) is 0 Å². The van der Waals surface area contributed by atoms with Crippen molar-refractivity contribution >= 4 is 17.7 Å². The lowest BCUT2D eigenvalue weighted by Crippen LogP contribution is -2.19. The molecule has 5 N–H and O–H groups in total. The Morgan fingerprint density at radius 3 is 2.26 bits per heavy atom. The van der Waals surface area contributed by atoms with E-state index in [9.17, 15) is 18.0 Å². The number of nitrogens with zero attached hydrogens (tertiary/aromatic N) is 3. The molecule has 11 heteroatoms. The first kappa shape index (κ1) is 18.0. The molecule has 1 heterocycles. The van der Waals surface area contributed by atoms with E-state index in [1.54, 1.807) is 24.3 Å². The zero-order valence-corrected chi connectivity index (χ0v) is 13.6. The van der Waals surface area contributed by atoms with E-state index in [0.717, 1.165) is 12.1 Å². The summed E-state index contributed by atoms with van der Waals surface area (Å²) >= 11 is 0. The molecule has 8 nitrogen and oxygen atoms in total. The highest BCUT2D eigenvalue weighted by Gasteiger charge is 2.31. The summed E-state index contributed by atoms with van der Waals surface area (Å²) in [7, 11) is 0. The van der Waals surface area contributed by atoms with Gasteiger partial charge in [0.05, 0.1) is 5.69 Å². The summed E-state index contributed by atoms with van der Waals surface area (Å²) in [5.74, 6) is -0.00901. The first-order chi connectivity index (χ1) is 12.7. The number of primary amides is 1. The average Bonchev–Trinajstić information content (AvgIpc) is 2.96. The first-order valence-corrected chi connectivity index (χ1v) is 7.47. The molecule has 0 bridgehead atoms. The number of rotatable bonds is 4. The van der Waals surface area contributed by atoms with Crippen LogP contribution in [0.4, 0.5) is 29.6 Å². The van der Waals surface area contributed by atoms with Gasteiger partial charge in [-0.15, -0.1) is 18.3 Å². The number of halogens is 3. The lowest BCUT2D eigenvalue weighted by atomic mass is 10.2. The number of nitrogens with two attached hydrogens (primary N) is 2. The number of anilines is 2. The zero-order chi connectivity index (χ0) is 19.6. The predicted octanol–water partition coefficient (Wildman–Crippen LogP) is 2.91. The quantitative estimate of drug-likeness (QED) is 0.645. The molecule has 2 amide bonds. The van der Waals surface area contributed by atoms with Crippen molar-refractivity contribution in [1.82, 2.24) is 14.8 Å². The van der Waals surface area contributed by atoms with Crippen LogP contribution in [0.3, 0.4) is 0 Å². The van der Waals surface area contributed by atoms with Crippen molar-refractivity contribution in [2.75, 3.05) is 11.1 Å². The highest BCUT2D eigenvalue weighted by atomic mass is 19.4. The van der Waals surface area contributed by atoms with Crippen molar-refractivity contribution in [3.05, 3.63) is 48.5 Å². The van der Waals surface area contributed by atoms with Crippen LogP contribution in [0.15, 0.2) is 48.5 Å². The summed E-state index contributed by atoms with van der Waals surface area (Å²) in [5.41, 5.74) is 12.4. The molecule has 3 aromatic rings. The fourth-order valence-corrected chi connectivity index (χ4v) is 2.27. The van der Waals surface area contributed by atoms with Crippen molar-refractivity contribution < 1.29 is 22.7 Å². The molecule has 140 valence electrons. The summed E-state index contributed by atoms with van der Waals surface area (Å²) in [4.78, 5) is 15.0. The molecule has 1 aromatic heterocycles. The third-order valence-electron chi connectivity index (χ3n) is 3.36. The Balaban J connectivity index is 1.83. The fraction of sp³-hybridized carbons (Fsp3) is 0.0625. The maximum absolute atomic E-state index is 12.2. The number of carbonyl (C=O) groups excluding carboxylic acids is 1. The second kappa shape index (κ2) is 6.86. The zero-order valence-electron chi connectivity index (χ0n) is 13.6. The van der Waals surface area contributed by atoms with Gasteiger partial charge in [-0.3, -0.25) is 0 Å². The summed E-state index contributed by atoms with van der Waals surface area (Å²) in [6, 6.07) is 10.9. The molecule has 27 heavy (non-hydrogen) atoms. The molecule has 0 atom stereocenters. The van der Waals surface area contributed by atoms with Crippen LogP contribution >= 0.6 is 0 Å². The molecule has 0 fully saturated rings. The molecule has 0 saturated carbocycles. The SMILES string of the molecule is NC(=O)Nc1ccc(-c2nc(N)n(-c3ccc(OC(F)(F)F)cc3)n2)cc1. The van der Waals surface area contributed by atoms with Crippen LogP contribution < -0.4 is 21.5 Å². The number of urea groups is 1. The normalized spacial score (nSPS) is 11.2. The Labute approximate surface area is 150 Å². The summed E-state index contributed by atoms with van der Waals surface area (Å²) in [6.07, 6.45) is -4.77. The summed E-state index contributed by atoms with van der Waals surface area (Å²) in [5, 5.41) is 6.67. The van der Waals surface area contributed by atoms with Gasteiger partial charge in [0, 0.05) is 11.3 Å². The van der Waals surface area contributed by atoms with Gasteiger partial charge >= 0.3 is 12.4 Å². The predicted molar refractivity (Wildman–Crippen MR) is 91.1 cm³/mol. The van der Waals surface area contributed by atoms with Gasteiger partial charge in [0.1, 0.15) is 5.75 Å². The van der Waals surface area contributed by atoms with Crippen molar-refractivity contribution in [3.8, 4) is 22.8 Å². The Morgan fingerprint density at radius 2 is 1.70 bits per heavy atom. The van der Waals surface area contributed by atoms with Crippen molar-refractivity contribution in [2.45, 2.75) is 6.36 Å². The van der Waals surface area contributed by atoms with Crippen LogP contribution in [0.5, 0.6) is 5.75 Å². The highest BCUT2D eigenvalue weighted by Crippen LogP contribution is 2.25. The van der Waals surface area contributed by atoms with Crippen LogP contribution in [0.25, 0.3) is 17.1 Å². The minimum Gasteiger partial charge on any atom is -0.406 e. The average molecular weight is 378 g/mol. The first-order valence-electron chi connectivity index (χ1n) is 7.47. The molecule has 0 radical (unpaired) electrons. The summed E-state index contributed by atoms with van der Waals surface area (Å²) < 4.78 is 41.8. The van der Waals surface area contributed by atoms with E-state index < -0.39 is 12.4 Å². The van der Waals surface area contributed by atoms with Crippen LogP contribution in [-0.2, 0) is 0 Å². The minimum atomic E-state index is -4.77. The molecule has 0 aliphatic rings.